The van der Waals surface area contributed by atoms with E-state index in [1.54, 1.807) is 18.1 Å². The van der Waals surface area contributed by atoms with Gasteiger partial charge < -0.3 is 29.9 Å². The summed E-state index contributed by atoms with van der Waals surface area (Å²) < 4.78 is 12.7. The predicted octanol–water partition coefficient (Wildman–Crippen LogP) is 4.11. The molecular weight excluding hydrogens is 647 g/mol. The minimum Gasteiger partial charge on any atom is -0.496 e. The monoisotopic (exact) mass is 688 g/mol. The Bertz CT molecular complexity index is 1280. The van der Waals surface area contributed by atoms with Crippen LogP contribution in [0.1, 0.15) is 44.1 Å². The first-order valence-corrected chi connectivity index (χ1v) is 16.1. The molecule has 2 saturated carbocycles. The van der Waals surface area contributed by atoms with E-state index in [2.05, 4.69) is 27.9 Å². The van der Waals surface area contributed by atoms with Crippen LogP contribution in [0.5, 0.6) is 11.5 Å². The zero-order chi connectivity index (χ0) is 29.6. The van der Waals surface area contributed by atoms with Crippen LogP contribution in [0.3, 0.4) is 0 Å². The number of carbonyl (C=O) groups is 2. The molecule has 0 aromatic heterocycles. The average molecular weight is 689 g/mol. The van der Waals surface area contributed by atoms with Gasteiger partial charge in [-0.15, -0.1) is 0 Å². The molecule has 2 aromatic carbocycles. The molecule has 3 N–H and O–H groups in total. The topological polar surface area (TPSA) is 108 Å². The highest BCUT2D eigenvalue weighted by Gasteiger charge is 2.44. The van der Waals surface area contributed by atoms with Gasteiger partial charge in [-0.05, 0) is 95.9 Å². The van der Waals surface area contributed by atoms with Gasteiger partial charge in [0.1, 0.15) is 23.7 Å². The largest absolute Gasteiger partial charge is 0.496 e. The SMILES string of the molecule is COc1ccccc1CCN(C(=O)CC1CC2CCC1C2)C1CC(C(=O)NCCO)=CC(Oc2ccccc2I)C1O. The third-order valence-electron chi connectivity index (χ3n) is 9.17. The van der Waals surface area contributed by atoms with Crippen molar-refractivity contribution in [2.45, 2.75) is 63.2 Å². The Morgan fingerprint density at radius 3 is 2.52 bits per heavy atom. The van der Waals surface area contributed by atoms with Gasteiger partial charge in [-0.2, -0.15) is 0 Å². The molecule has 2 amide bonds. The Morgan fingerprint density at radius 1 is 1.07 bits per heavy atom. The second-order valence-corrected chi connectivity index (χ2v) is 12.9. The maximum absolute atomic E-state index is 14.2. The molecule has 2 aromatic rings. The number of benzene rings is 2. The summed E-state index contributed by atoms with van der Waals surface area (Å²) in [5, 5.41) is 23.8. The third-order valence-corrected chi connectivity index (χ3v) is 10.1. The van der Waals surface area contributed by atoms with Crippen LogP contribution >= 0.6 is 22.6 Å². The van der Waals surface area contributed by atoms with Crippen LogP contribution in [0.15, 0.2) is 60.2 Å². The number of halogens is 1. The first kappa shape index (κ1) is 30.8. The molecule has 2 bridgehead atoms. The molecular formula is C33H41IN2O6. The van der Waals surface area contributed by atoms with Crippen LogP contribution in [0.4, 0.5) is 0 Å². The van der Waals surface area contributed by atoms with Crippen LogP contribution in [0.2, 0.25) is 0 Å². The molecule has 6 unspecified atom stereocenters. The van der Waals surface area contributed by atoms with Gasteiger partial charge in [0.15, 0.2) is 0 Å². The number of aliphatic hydroxyl groups excluding tert-OH is 2. The number of hydrogen-bond acceptors (Lipinski definition) is 6. The number of nitrogens with zero attached hydrogens (tertiary/aromatic N) is 1. The molecule has 3 aliphatic rings. The summed E-state index contributed by atoms with van der Waals surface area (Å²) in [5.41, 5.74) is 1.41. The van der Waals surface area contributed by atoms with E-state index in [1.165, 1.54) is 19.3 Å². The van der Waals surface area contributed by atoms with Crippen molar-refractivity contribution in [3.8, 4) is 11.5 Å². The van der Waals surface area contributed by atoms with Crippen molar-refractivity contribution in [2.24, 2.45) is 17.8 Å². The lowest BCUT2D eigenvalue weighted by molar-refractivity contribution is -0.140. The molecule has 0 saturated heterocycles. The van der Waals surface area contributed by atoms with Gasteiger partial charge >= 0.3 is 0 Å². The number of amides is 2. The summed E-state index contributed by atoms with van der Waals surface area (Å²) in [6, 6.07) is 14.6. The molecule has 6 atom stereocenters. The van der Waals surface area contributed by atoms with Gasteiger partial charge in [-0.25, -0.2) is 0 Å². The van der Waals surface area contributed by atoms with E-state index in [9.17, 15) is 19.8 Å². The van der Waals surface area contributed by atoms with Gasteiger partial charge in [-0.3, -0.25) is 9.59 Å². The van der Waals surface area contributed by atoms with Crippen molar-refractivity contribution >= 4 is 34.4 Å². The number of rotatable bonds is 12. The van der Waals surface area contributed by atoms with E-state index < -0.39 is 18.2 Å². The van der Waals surface area contributed by atoms with E-state index in [-0.39, 0.29) is 31.4 Å². The highest BCUT2D eigenvalue weighted by molar-refractivity contribution is 14.1. The highest BCUT2D eigenvalue weighted by atomic mass is 127. The number of methoxy groups -OCH3 is 1. The summed E-state index contributed by atoms with van der Waals surface area (Å²) in [4.78, 5) is 29.1. The number of carbonyl (C=O) groups excluding carboxylic acids is 2. The fraction of sp³-hybridized carbons (Fsp3) is 0.515. The average Bonchev–Trinajstić information content (AvgIpc) is 3.62. The number of fused-ring (bicyclic) bond motifs is 2. The van der Waals surface area contributed by atoms with E-state index in [0.717, 1.165) is 27.2 Å². The lowest BCUT2D eigenvalue weighted by Crippen LogP contribution is -2.55. The van der Waals surface area contributed by atoms with E-state index in [1.807, 2.05) is 48.5 Å². The zero-order valence-electron chi connectivity index (χ0n) is 24.1. The minimum absolute atomic E-state index is 0.0107. The molecule has 42 heavy (non-hydrogen) atoms. The van der Waals surface area contributed by atoms with Crippen molar-refractivity contribution in [2.75, 3.05) is 26.8 Å². The normalized spacial score (nSPS) is 26.4. The number of aliphatic hydroxyl groups is 2. The van der Waals surface area contributed by atoms with E-state index >= 15 is 0 Å². The van der Waals surface area contributed by atoms with Gasteiger partial charge in [-0.1, -0.05) is 36.8 Å². The Kier molecular flexibility index (Phi) is 10.4. The molecule has 5 rings (SSSR count). The van der Waals surface area contributed by atoms with Crippen molar-refractivity contribution in [1.29, 1.82) is 0 Å². The van der Waals surface area contributed by atoms with Crippen LogP contribution in [0, 0.1) is 21.3 Å². The molecule has 8 nitrogen and oxygen atoms in total. The molecule has 0 heterocycles. The molecule has 0 aliphatic heterocycles. The second kappa shape index (κ2) is 14.2. The third kappa shape index (κ3) is 7.11. The van der Waals surface area contributed by atoms with Crippen LogP contribution in [-0.4, -0.2) is 72.0 Å². The Hall–Kier alpha value is -2.63. The summed E-state index contributed by atoms with van der Waals surface area (Å²) in [7, 11) is 1.64. The number of ether oxygens (including phenoxy) is 2. The summed E-state index contributed by atoms with van der Waals surface area (Å²) in [6.45, 7) is 0.315. The van der Waals surface area contributed by atoms with Gasteiger partial charge in [0.05, 0.1) is 23.3 Å². The molecule has 2 fully saturated rings. The second-order valence-electron chi connectivity index (χ2n) is 11.7. The first-order chi connectivity index (χ1) is 20.4. The number of nitrogens with one attached hydrogen (secondary N) is 1. The highest BCUT2D eigenvalue weighted by Crippen LogP contribution is 2.49. The fourth-order valence-corrected chi connectivity index (χ4v) is 7.57. The molecule has 0 spiro atoms. The lowest BCUT2D eigenvalue weighted by atomic mass is 9.84. The lowest BCUT2D eigenvalue weighted by Gasteiger charge is -2.41. The van der Waals surface area contributed by atoms with E-state index in [0.29, 0.717) is 42.5 Å². The Labute approximate surface area is 261 Å². The van der Waals surface area contributed by atoms with E-state index in [4.69, 9.17) is 9.47 Å². The maximum Gasteiger partial charge on any atom is 0.247 e. The summed E-state index contributed by atoms with van der Waals surface area (Å²) in [5.74, 6) is 2.73. The van der Waals surface area contributed by atoms with Gasteiger partial charge in [0.2, 0.25) is 11.8 Å². The maximum atomic E-state index is 14.2. The molecule has 0 radical (unpaired) electrons. The molecule has 3 aliphatic carbocycles. The molecule has 9 heteroatoms. The predicted molar refractivity (Wildman–Crippen MR) is 168 cm³/mol. The van der Waals surface area contributed by atoms with Crippen LogP contribution < -0.4 is 14.8 Å². The summed E-state index contributed by atoms with van der Waals surface area (Å²) in [6.07, 6.45) is 5.75. The standard InChI is InChI=1S/C33H41IN2O6/c1-41-28-8-4-2-6-22(28)12-14-36(31(38)20-24-17-21-10-11-23(24)16-21)27-18-25(33(40)35-13-15-37)19-30(32(27)39)42-29-9-5-3-7-26(29)34/h2-9,19,21,23-24,27,30,32,37,39H,10-18,20H2,1H3,(H,35,40). The number of hydrogen-bond donors (Lipinski definition) is 3. The first-order valence-electron chi connectivity index (χ1n) is 15.0. The van der Waals surface area contributed by atoms with Crippen LogP contribution in [-0.2, 0) is 16.0 Å². The van der Waals surface area contributed by atoms with Crippen molar-refractivity contribution < 1.29 is 29.3 Å². The van der Waals surface area contributed by atoms with Gasteiger partial charge in [0, 0.05) is 31.5 Å². The smallest absolute Gasteiger partial charge is 0.247 e. The molecule has 226 valence electrons. The minimum atomic E-state index is -1.04. The number of para-hydroxylation sites is 2. The van der Waals surface area contributed by atoms with Crippen molar-refractivity contribution in [1.82, 2.24) is 10.2 Å². The fourth-order valence-electron chi connectivity index (χ4n) is 7.06. The van der Waals surface area contributed by atoms with Crippen molar-refractivity contribution in [3.63, 3.8) is 0 Å². The Morgan fingerprint density at radius 2 is 1.83 bits per heavy atom. The Balaban J connectivity index is 1.43. The van der Waals surface area contributed by atoms with Gasteiger partial charge in [0.25, 0.3) is 0 Å². The van der Waals surface area contributed by atoms with Crippen molar-refractivity contribution in [3.05, 3.63) is 69.3 Å². The zero-order valence-corrected chi connectivity index (χ0v) is 26.2. The van der Waals surface area contributed by atoms with Crippen LogP contribution in [0.25, 0.3) is 0 Å². The summed E-state index contributed by atoms with van der Waals surface area (Å²) >= 11 is 2.18. The quantitative estimate of drug-likeness (QED) is 0.290.